The van der Waals surface area contributed by atoms with Gasteiger partial charge in [-0.05, 0) is 144 Å². The Morgan fingerprint density at radius 2 is 0.867 bits per heavy atom. The van der Waals surface area contributed by atoms with Gasteiger partial charge in [-0.25, -0.2) is 0 Å². The molecule has 0 aromatic heterocycles. The molecule has 0 amide bonds. The van der Waals surface area contributed by atoms with Crippen molar-refractivity contribution in [1.82, 2.24) is 0 Å². The van der Waals surface area contributed by atoms with E-state index in [-0.39, 0.29) is 68.4 Å². The second-order valence-electron chi connectivity index (χ2n) is 28.4. The maximum Gasteiger partial charge on any atom is 0.475 e. The predicted molar refractivity (Wildman–Crippen MR) is 514 cm³/mol. The molecule has 7 fully saturated rings. The third-order valence-corrected chi connectivity index (χ3v) is 80.0. The van der Waals surface area contributed by atoms with Gasteiger partial charge in [-0.1, -0.05) is 232 Å². The summed E-state index contributed by atoms with van der Waals surface area (Å²) in [6, 6.07) is 23.3. The Morgan fingerprint density at radius 1 is 0.524 bits per heavy atom. The molecule has 1 saturated carbocycles. The van der Waals surface area contributed by atoms with Crippen molar-refractivity contribution in [1.29, 1.82) is 0 Å². The lowest BCUT2D eigenvalue weighted by atomic mass is 9.57. The van der Waals surface area contributed by atoms with Crippen LogP contribution in [0.3, 0.4) is 0 Å². The molecule has 0 spiro atoms. The fraction of sp³-hybridized carbons (Fsp3) is 0.478. The van der Waals surface area contributed by atoms with Gasteiger partial charge < -0.3 is 61.6 Å². The normalized spacial score (nSPS) is 34.3. The number of allylic oxidation sites excluding steroid dienone is 7. The van der Waals surface area contributed by atoms with Crippen molar-refractivity contribution in [3.63, 3.8) is 0 Å². The highest BCUT2D eigenvalue weighted by molar-refractivity contribution is 8.83. The zero-order valence-corrected chi connectivity index (χ0v) is 88.8. The van der Waals surface area contributed by atoms with Crippen LogP contribution in [-0.2, 0) is 71.6 Å². The summed E-state index contributed by atoms with van der Waals surface area (Å²) in [5.74, 6) is 6.81. The van der Waals surface area contributed by atoms with Gasteiger partial charge in [0.15, 0.2) is 0 Å². The number of hydrogen-bond acceptors (Lipinski definition) is 14. The van der Waals surface area contributed by atoms with Gasteiger partial charge in [0, 0.05) is 57.8 Å². The van der Waals surface area contributed by atoms with Crippen molar-refractivity contribution in [2.45, 2.75) is 150 Å². The summed E-state index contributed by atoms with van der Waals surface area (Å²) < 4.78 is 86.0. The fourth-order valence-electron chi connectivity index (χ4n) is 15.7. The van der Waals surface area contributed by atoms with Crippen LogP contribution < -0.4 is 0 Å². The number of benzene rings is 3. The molecule has 3 aromatic carbocycles. The fourth-order valence-corrected chi connectivity index (χ4v) is 69.8. The largest absolute Gasteiger partial charge is 0.475 e. The average molecular weight is 1880 g/mol. The van der Waals surface area contributed by atoms with E-state index in [1.165, 1.54) is 121 Å². The van der Waals surface area contributed by atoms with E-state index >= 15 is 0 Å². The molecule has 6 heterocycles. The second kappa shape index (κ2) is 41.9. The van der Waals surface area contributed by atoms with Crippen LogP contribution in [0.15, 0.2) is 144 Å². The Kier molecular flexibility index (Phi) is 38.1. The lowest BCUT2D eigenvalue weighted by Crippen LogP contribution is -2.86. The lowest BCUT2D eigenvalue weighted by molar-refractivity contribution is -0.0175. The van der Waals surface area contributed by atoms with Gasteiger partial charge in [0.1, 0.15) is 0 Å². The molecule has 8 bridgehead atoms. The summed E-state index contributed by atoms with van der Waals surface area (Å²) in [5, 5.41) is 3.73. The van der Waals surface area contributed by atoms with Crippen LogP contribution in [0.2, 0.25) is 52.4 Å². The second-order valence-corrected chi connectivity index (χ2v) is 83.5. The number of hydrogen-bond donors (Lipinski definition) is 1. The SMILES string of the molecule is C=CC1C(C=C)C(C=PP(P)P(C)P)C(/C=C(\P)P(P)P)C(C=C(P)P)C(C=C(P)P)C(/C=C/P)C1C=C.CCCCCCC1(CCCCCC)c2cc(C)ccc2-c2ccc(/C=C/c3ccc(C)cc3)cc21.C[Si]12O[Si]3(C)O[Si]4(C)O[Si](C)(O1)O[Si]1(C)O[Si](C)(O2)O[Si](C)(O3)O[Si](C)(O4)O1.O=[P+]([S-])S. The van der Waals surface area contributed by atoms with Crippen molar-refractivity contribution < 1.29 is 53.9 Å². The number of rotatable bonds is 23. The molecule has 8 aliphatic rings. The minimum atomic E-state index is -3.40. The number of aryl methyl sites for hydroxylation is 2. The van der Waals surface area contributed by atoms with Crippen LogP contribution in [0.25, 0.3) is 23.3 Å². The van der Waals surface area contributed by atoms with Crippen molar-refractivity contribution >= 4 is 240 Å². The molecular weight excluding hydrogens is 1770 g/mol. The van der Waals surface area contributed by atoms with Crippen molar-refractivity contribution in [3.05, 3.63) is 177 Å². The van der Waals surface area contributed by atoms with Crippen molar-refractivity contribution in [2.24, 2.45) is 47.3 Å². The first-order chi connectivity index (χ1) is 49.1. The highest BCUT2D eigenvalue weighted by Crippen LogP contribution is 2.83. The smallest absolute Gasteiger partial charge is 0.432 e. The third-order valence-electron chi connectivity index (χ3n) is 19.3. The number of unbranched alkanes of at least 4 members (excludes halogenated alkanes) is 6. The Labute approximate surface area is 679 Å². The van der Waals surface area contributed by atoms with Crippen LogP contribution in [-0.4, -0.2) is 82.9 Å². The van der Waals surface area contributed by atoms with Gasteiger partial charge in [0.25, 0.3) is 6.20 Å². The maximum absolute atomic E-state index is 9.27. The first kappa shape index (κ1) is 95.5. The van der Waals surface area contributed by atoms with E-state index in [1.807, 2.05) is 0 Å². The molecule has 580 valence electrons. The summed E-state index contributed by atoms with van der Waals surface area (Å²) in [7, 11) is 3.45. The molecule has 0 radical (unpaired) electrons. The first-order valence-corrected chi connectivity index (χ1v) is 73.5. The quantitative estimate of drug-likeness (QED) is 0.0184. The first-order valence-electron chi connectivity index (χ1n) is 35.4. The molecule has 6 aliphatic heterocycles. The number of thiol groups is 1. The Bertz CT molecular complexity index is 3450. The van der Waals surface area contributed by atoms with Gasteiger partial charge in [-0.3, -0.25) is 0 Å². The van der Waals surface area contributed by atoms with E-state index in [1.54, 1.807) is 63.5 Å². The van der Waals surface area contributed by atoms with Gasteiger partial charge in [0.05, 0.1) is 12.2 Å². The van der Waals surface area contributed by atoms with Crippen LogP contribution >= 0.6 is 139 Å². The van der Waals surface area contributed by atoms with Crippen LogP contribution in [0, 0.1) is 61.2 Å². The molecule has 38 heteroatoms. The summed E-state index contributed by atoms with van der Waals surface area (Å²) >= 11 is 7.28. The zero-order valence-electron chi connectivity index (χ0n) is 63.1. The molecular formula is C67H115O13P15S2Si8. The summed E-state index contributed by atoms with van der Waals surface area (Å²) in [4.78, 5) is 0. The maximum atomic E-state index is 9.27. The minimum Gasteiger partial charge on any atom is -0.432 e. The van der Waals surface area contributed by atoms with E-state index in [0.29, 0.717) is 5.92 Å². The lowest BCUT2D eigenvalue weighted by Gasteiger charge is -2.60. The molecule has 21 unspecified atom stereocenters. The van der Waals surface area contributed by atoms with Gasteiger partial charge >= 0.3 is 70.4 Å². The summed E-state index contributed by atoms with van der Waals surface area (Å²) in [6.45, 7) is 38.4. The minimum absolute atomic E-state index is 0.0739. The highest BCUT2D eigenvalue weighted by Gasteiger charge is 2.78. The molecule has 11 rings (SSSR count). The molecule has 0 N–H and O–H groups in total. The molecule has 105 heavy (non-hydrogen) atoms. The van der Waals surface area contributed by atoms with Gasteiger partial charge in [-0.15, -0.1) is 102 Å². The Hall–Kier alpha value is 3.40. The van der Waals surface area contributed by atoms with E-state index in [0.717, 1.165) is 0 Å². The van der Waals surface area contributed by atoms with E-state index in [2.05, 4.69) is 297 Å². The van der Waals surface area contributed by atoms with Gasteiger partial charge in [-0.2, -0.15) is 0 Å². The summed E-state index contributed by atoms with van der Waals surface area (Å²) in [6.07, 6.45) is 32.5. The van der Waals surface area contributed by atoms with Crippen molar-refractivity contribution in [2.75, 3.05) is 6.66 Å². The third kappa shape index (κ3) is 26.4. The molecule has 6 saturated heterocycles. The Balaban J connectivity index is 0.000000216. The van der Waals surface area contributed by atoms with Crippen molar-refractivity contribution in [3.8, 4) is 11.1 Å². The Morgan fingerprint density at radius 3 is 1.24 bits per heavy atom. The molecule has 3 aromatic rings. The zero-order chi connectivity index (χ0) is 77.9. The van der Waals surface area contributed by atoms with Crippen LogP contribution in [0.1, 0.15) is 111 Å². The average Bonchev–Trinajstić information content (AvgIpc) is 1.42. The van der Waals surface area contributed by atoms with E-state index in [4.69, 9.17) is 49.4 Å². The number of fused-ring (bicyclic) bond motifs is 3. The van der Waals surface area contributed by atoms with Gasteiger partial charge in [0.2, 0.25) is 0 Å². The highest BCUT2D eigenvalue weighted by atomic mass is 33.0. The monoisotopic (exact) mass is 1880 g/mol. The van der Waals surface area contributed by atoms with Crippen LogP contribution in [0.4, 0.5) is 0 Å². The topological polar surface area (TPSA) is 128 Å². The molecule has 13 nitrogen and oxygen atoms in total. The van der Waals surface area contributed by atoms with Crippen LogP contribution in [0.5, 0.6) is 0 Å². The summed E-state index contributed by atoms with van der Waals surface area (Å²) in [5.41, 5.74) is 11.6. The molecule has 2 aliphatic carbocycles. The van der Waals surface area contributed by atoms with E-state index in [9.17, 15) is 4.57 Å². The van der Waals surface area contributed by atoms with E-state index < -0.39 is 76.6 Å². The molecule has 21 atom stereocenters. The standard InChI is InChI=1S/C35H44.C24H46P14.C8H24O12Si8.HOPS2/c1-5-7-9-11-23-35(24-12-10-8-6-2)33-25-28(4)15-21-31(33)32-22-20-30(26-34(32)35)19-18-29-16-13-27(3)14-17-29;1-5-14-15(6-2)17(8-9-25)18(10-22(26)27)19(11-23(28)29)20(12-24(30)37(32)33)21(16(14)7-3)13-35-38(34)36(4)31;1-21-9-22(2)12-25(5)14-23(3,10-21)16-27(7)17-24(4,11-21)15-26(6,13-22)19-28(8,18-25)20-27;1-2(3)4/h13-22,25-26H,5-12,23-24H2,1-4H3;5-21H,1-3,25-34H2,4H3;1-8H3;(H,1,3,4)/b19-18+;9-8+,24-12+;;. The predicted octanol–water partition coefficient (Wildman–Crippen LogP) is 24.2.